The minimum absolute atomic E-state index is 0.0853. The Bertz CT molecular complexity index is 386. The van der Waals surface area contributed by atoms with Gasteiger partial charge < -0.3 is 18.9 Å². The fraction of sp³-hybridized carbons (Fsp3) is 0.300. The van der Waals surface area contributed by atoms with Crippen molar-refractivity contribution in [1.82, 2.24) is 0 Å². The van der Waals surface area contributed by atoms with Crippen LogP contribution in [-0.4, -0.2) is 25.5 Å². The number of carbonyl (C=O) groups excluding carboxylic acids is 1. The van der Waals surface area contributed by atoms with Crippen molar-refractivity contribution in [2.24, 2.45) is 0 Å². The van der Waals surface area contributed by atoms with E-state index in [0.717, 1.165) is 12.0 Å². The van der Waals surface area contributed by atoms with Gasteiger partial charge in [-0.3, -0.25) is 0 Å². The Balaban J connectivity index is 1.81. The third-order valence-electron chi connectivity index (χ3n) is 1.88. The molecule has 1 aromatic rings. The second-order valence-electron chi connectivity index (χ2n) is 3.00. The van der Waals surface area contributed by atoms with Gasteiger partial charge in [-0.1, -0.05) is 6.58 Å². The Labute approximate surface area is 96.2 Å². The topological polar surface area (TPSA) is 54.0 Å². The average molecular weight is 242 g/mol. The van der Waals surface area contributed by atoms with Crippen molar-refractivity contribution < 1.29 is 23.7 Å². The van der Waals surface area contributed by atoms with Crippen molar-refractivity contribution in [1.29, 1.82) is 0 Å². The van der Waals surface area contributed by atoms with Crippen LogP contribution in [0.4, 0.5) is 4.79 Å². The van der Waals surface area contributed by atoms with Crippen molar-refractivity contribution >= 4 is 17.5 Å². The second-order valence-corrected chi connectivity index (χ2v) is 3.74. The summed E-state index contributed by atoms with van der Waals surface area (Å²) in [6, 6.07) is 0. The van der Waals surface area contributed by atoms with Gasteiger partial charge in [-0.25, -0.2) is 4.79 Å². The Morgan fingerprint density at radius 1 is 1.62 bits per heavy atom. The molecule has 5 nitrogen and oxygen atoms in total. The fourth-order valence-corrected chi connectivity index (χ4v) is 1.88. The quantitative estimate of drug-likeness (QED) is 0.600. The molecule has 2 rings (SSSR count). The predicted octanol–water partition coefficient (Wildman–Crippen LogP) is 2.18. The van der Waals surface area contributed by atoms with Crippen LogP contribution in [0.5, 0.6) is 11.5 Å². The van der Waals surface area contributed by atoms with Crippen LogP contribution in [0.3, 0.4) is 0 Å². The summed E-state index contributed by atoms with van der Waals surface area (Å²) in [5.41, 5.74) is 0. The van der Waals surface area contributed by atoms with Crippen molar-refractivity contribution in [2.75, 3.05) is 13.2 Å². The maximum absolute atomic E-state index is 10.9. The van der Waals surface area contributed by atoms with E-state index < -0.39 is 6.16 Å². The lowest BCUT2D eigenvalue weighted by Gasteiger charge is -2.23. The van der Waals surface area contributed by atoms with E-state index in [4.69, 9.17) is 14.2 Å². The number of thiophene rings is 1. The van der Waals surface area contributed by atoms with Crippen molar-refractivity contribution in [2.45, 2.75) is 6.10 Å². The lowest BCUT2D eigenvalue weighted by Crippen LogP contribution is -2.33. The van der Waals surface area contributed by atoms with E-state index in [-0.39, 0.29) is 12.7 Å². The molecule has 16 heavy (non-hydrogen) atoms. The van der Waals surface area contributed by atoms with Gasteiger partial charge in [0.25, 0.3) is 0 Å². The van der Waals surface area contributed by atoms with Gasteiger partial charge in [0.1, 0.15) is 13.2 Å². The first-order valence-corrected chi connectivity index (χ1v) is 5.54. The molecule has 86 valence electrons. The minimum Gasteiger partial charge on any atom is -0.485 e. The van der Waals surface area contributed by atoms with Crippen LogP contribution in [0, 0.1) is 0 Å². The van der Waals surface area contributed by atoms with Gasteiger partial charge >= 0.3 is 6.16 Å². The largest absolute Gasteiger partial charge is 0.513 e. The Kier molecular flexibility index (Phi) is 3.31. The molecule has 0 N–H and O–H groups in total. The molecule has 0 spiro atoms. The van der Waals surface area contributed by atoms with Crippen LogP contribution in [0.15, 0.2) is 23.6 Å². The first kappa shape index (κ1) is 10.8. The summed E-state index contributed by atoms with van der Waals surface area (Å²) in [4.78, 5) is 10.9. The number of hydrogen-bond acceptors (Lipinski definition) is 6. The fourth-order valence-electron chi connectivity index (χ4n) is 1.21. The van der Waals surface area contributed by atoms with Crippen molar-refractivity contribution in [3.05, 3.63) is 23.6 Å². The summed E-state index contributed by atoms with van der Waals surface area (Å²) in [7, 11) is 0. The monoisotopic (exact) mass is 242 g/mol. The van der Waals surface area contributed by atoms with Gasteiger partial charge in [0.15, 0.2) is 17.6 Å². The van der Waals surface area contributed by atoms with Crippen LogP contribution in [0.25, 0.3) is 0 Å². The molecule has 0 fully saturated rings. The lowest BCUT2D eigenvalue weighted by molar-refractivity contribution is 0.0149. The van der Waals surface area contributed by atoms with Crippen LogP contribution < -0.4 is 9.47 Å². The van der Waals surface area contributed by atoms with E-state index in [1.54, 1.807) is 0 Å². The van der Waals surface area contributed by atoms with Crippen LogP contribution in [-0.2, 0) is 9.47 Å². The van der Waals surface area contributed by atoms with E-state index in [1.807, 2.05) is 10.8 Å². The van der Waals surface area contributed by atoms with Crippen molar-refractivity contribution in [3.8, 4) is 11.5 Å². The third kappa shape index (κ3) is 2.46. The zero-order valence-electron chi connectivity index (χ0n) is 8.38. The summed E-state index contributed by atoms with van der Waals surface area (Å²) in [5, 5.41) is 3.70. The molecule has 1 unspecified atom stereocenters. The molecule has 0 saturated carbocycles. The Morgan fingerprint density at radius 2 is 2.44 bits per heavy atom. The summed E-state index contributed by atoms with van der Waals surface area (Å²) >= 11 is 1.49. The van der Waals surface area contributed by atoms with Gasteiger partial charge in [-0.2, -0.15) is 0 Å². The summed E-state index contributed by atoms with van der Waals surface area (Å²) in [6.45, 7) is 3.68. The molecule has 0 aliphatic carbocycles. The Hall–Kier alpha value is -1.69. The third-order valence-corrected chi connectivity index (χ3v) is 2.58. The molecule has 1 atom stereocenters. The zero-order chi connectivity index (χ0) is 11.4. The molecule has 2 heterocycles. The first-order chi connectivity index (χ1) is 7.79. The van der Waals surface area contributed by atoms with E-state index >= 15 is 0 Å². The van der Waals surface area contributed by atoms with Gasteiger partial charge in [0.2, 0.25) is 0 Å². The highest BCUT2D eigenvalue weighted by atomic mass is 32.1. The van der Waals surface area contributed by atoms with E-state index in [1.165, 1.54) is 11.3 Å². The molecule has 1 aromatic heterocycles. The highest BCUT2D eigenvalue weighted by molar-refractivity contribution is 7.08. The van der Waals surface area contributed by atoms with E-state index in [0.29, 0.717) is 12.4 Å². The average Bonchev–Trinajstić information content (AvgIpc) is 2.74. The Morgan fingerprint density at radius 3 is 3.25 bits per heavy atom. The highest BCUT2D eigenvalue weighted by Gasteiger charge is 2.23. The number of ether oxygens (including phenoxy) is 4. The van der Waals surface area contributed by atoms with Gasteiger partial charge in [0.05, 0.1) is 6.26 Å². The molecular formula is C10H10O5S. The summed E-state index contributed by atoms with van der Waals surface area (Å²) in [6.07, 6.45) is -0.0912. The highest BCUT2D eigenvalue weighted by Crippen LogP contribution is 2.35. The molecular weight excluding hydrogens is 232 g/mol. The normalized spacial score (nSPS) is 17.6. The smallest absolute Gasteiger partial charge is 0.485 e. The molecule has 1 aliphatic rings. The van der Waals surface area contributed by atoms with Gasteiger partial charge in [-0.15, -0.1) is 11.3 Å². The second kappa shape index (κ2) is 4.89. The number of carbonyl (C=O) groups is 1. The molecule has 0 aromatic carbocycles. The van der Waals surface area contributed by atoms with Gasteiger partial charge in [-0.05, 0) is 0 Å². The van der Waals surface area contributed by atoms with E-state index in [9.17, 15) is 4.79 Å². The SMILES string of the molecule is C=COC(=O)OCC1COc2cscc2O1. The minimum atomic E-state index is -0.797. The standard InChI is InChI=1S/C10H10O5S/c1-2-12-10(11)14-4-7-3-13-8-5-16-6-9(8)15-7/h2,5-7H,1,3-4H2. The lowest BCUT2D eigenvalue weighted by atomic mass is 10.3. The molecule has 0 radical (unpaired) electrons. The maximum Gasteiger partial charge on any atom is 0.513 e. The van der Waals surface area contributed by atoms with Crippen molar-refractivity contribution in [3.63, 3.8) is 0 Å². The van der Waals surface area contributed by atoms with Crippen LogP contribution in [0.2, 0.25) is 0 Å². The molecule has 0 saturated heterocycles. The molecule has 6 heteroatoms. The predicted molar refractivity (Wildman–Crippen MR) is 56.9 cm³/mol. The summed E-state index contributed by atoms with van der Waals surface area (Å²) < 4.78 is 20.1. The molecule has 1 aliphatic heterocycles. The van der Waals surface area contributed by atoms with Crippen LogP contribution in [0.1, 0.15) is 0 Å². The number of hydrogen-bond donors (Lipinski definition) is 0. The van der Waals surface area contributed by atoms with Crippen LogP contribution >= 0.6 is 11.3 Å². The molecule has 0 bridgehead atoms. The first-order valence-electron chi connectivity index (χ1n) is 4.59. The number of fused-ring (bicyclic) bond motifs is 1. The number of rotatable bonds is 3. The van der Waals surface area contributed by atoms with Gasteiger partial charge in [0, 0.05) is 10.8 Å². The zero-order valence-corrected chi connectivity index (χ0v) is 9.20. The summed E-state index contributed by atoms with van der Waals surface area (Å²) in [5.74, 6) is 1.41. The van der Waals surface area contributed by atoms with E-state index in [2.05, 4.69) is 11.3 Å². The maximum atomic E-state index is 10.9. The molecule has 0 amide bonds.